The number of carbonyl (C=O) groups is 3. The first-order chi connectivity index (χ1) is 17.3. The molecule has 1 unspecified atom stereocenters. The molecule has 0 radical (unpaired) electrons. The monoisotopic (exact) mass is 570 g/mol. The van der Waals surface area contributed by atoms with Gasteiger partial charge in [0.1, 0.15) is 16.2 Å². The highest BCUT2D eigenvalue weighted by atomic mass is 32.2. The Morgan fingerprint density at radius 2 is 2.22 bits per heavy atom. The fourth-order valence-electron chi connectivity index (χ4n) is 3.62. The number of β-lactam (4-membered cyclic amide) rings is 1. The molecule has 36 heavy (non-hydrogen) atoms. The summed E-state index contributed by atoms with van der Waals surface area (Å²) in [6.07, 6.45) is 3.30. The lowest BCUT2D eigenvalue weighted by molar-refractivity contribution is -0.151. The maximum atomic E-state index is 12.9. The van der Waals surface area contributed by atoms with Crippen molar-refractivity contribution < 1.29 is 24.7 Å². The van der Waals surface area contributed by atoms with E-state index in [0.29, 0.717) is 12.3 Å². The highest BCUT2D eigenvalue weighted by molar-refractivity contribution is 8.05. The van der Waals surface area contributed by atoms with Gasteiger partial charge in [-0.1, -0.05) is 5.16 Å². The van der Waals surface area contributed by atoms with Crippen LogP contribution in [0.25, 0.3) is 0 Å². The SMILES string of the molecule is NCCSCc1ccncc1SC1(C(=O)O)CS[C@@H]2[C@H](NC(=O)/C(=N\O)c3nsc(N)n3)C(=O)N2C1. The Kier molecular flexibility index (Phi) is 8.23. The van der Waals surface area contributed by atoms with E-state index in [4.69, 9.17) is 11.5 Å². The molecule has 4 heterocycles. The average molecular weight is 571 g/mol. The second kappa shape index (κ2) is 11.2. The van der Waals surface area contributed by atoms with Gasteiger partial charge in [0.2, 0.25) is 17.4 Å². The Hall–Kier alpha value is -2.60. The molecule has 0 saturated carbocycles. The third-order valence-electron chi connectivity index (χ3n) is 5.39. The molecule has 0 aliphatic carbocycles. The van der Waals surface area contributed by atoms with Crippen LogP contribution in [0.15, 0.2) is 28.5 Å². The molecule has 4 rings (SSSR count). The molecule has 2 aromatic rings. The highest BCUT2D eigenvalue weighted by Crippen LogP contribution is 2.47. The largest absolute Gasteiger partial charge is 0.480 e. The van der Waals surface area contributed by atoms with Crippen LogP contribution in [0, 0.1) is 0 Å². The third-order valence-corrected chi connectivity index (χ3v) is 10.1. The van der Waals surface area contributed by atoms with Crippen molar-refractivity contribution >= 4 is 75.4 Å². The number of aromatic nitrogens is 3. The molecule has 2 aromatic heterocycles. The van der Waals surface area contributed by atoms with Crippen molar-refractivity contribution in [3.05, 3.63) is 29.8 Å². The van der Waals surface area contributed by atoms with E-state index in [1.165, 1.54) is 28.4 Å². The number of hydrogen-bond acceptors (Lipinski definition) is 14. The van der Waals surface area contributed by atoms with Crippen LogP contribution in [-0.2, 0) is 20.1 Å². The molecule has 13 nitrogen and oxygen atoms in total. The predicted molar refractivity (Wildman–Crippen MR) is 138 cm³/mol. The van der Waals surface area contributed by atoms with Crippen molar-refractivity contribution in [3.63, 3.8) is 0 Å². The van der Waals surface area contributed by atoms with E-state index in [2.05, 4.69) is 24.8 Å². The lowest BCUT2D eigenvalue weighted by atomic mass is 10.0. The van der Waals surface area contributed by atoms with E-state index in [0.717, 1.165) is 27.7 Å². The molecule has 192 valence electrons. The lowest BCUT2D eigenvalue weighted by Crippen LogP contribution is -2.74. The van der Waals surface area contributed by atoms with Crippen molar-refractivity contribution in [2.45, 2.75) is 26.8 Å². The number of hydrogen-bond donors (Lipinski definition) is 5. The summed E-state index contributed by atoms with van der Waals surface area (Å²) in [5.74, 6) is -0.825. The first-order valence-electron chi connectivity index (χ1n) is 10.5. The van der Waals surface area contributed by atoms with Crippen LogP contribution in [0.3, 0.4) is 0 Å². The molecule has 2 fully saturated rings. The number of oxime groups is 1. The van der Waals surface area contributed by atoms with Crippen molar-refractivity contribution in [1.29, 1.82) is 0 Å². The Balaban J connectivity index is 1.45. The summed E-state index contributed by atoms with van der Waals surface area (Å²) in [5, 5.41) is 24.5. The standard InChI is InChI=1S/C19H22N8O5S4/c20-2-4-33-6-9-1-3-22-5-10(9)35-19(17(30)31)7-27-15(29)12(16(27)34-8-19)23-14(28)11(25-32)13-24-18(21)36-26-13/h1,3,5,12,16,32H,2,4,6-8,20H2,(H,23,28)(H,30,31)(H2,21,24,26)/b25-11-/t12-,16-,19?/m1/s1. The van der Waals surface area contributed by atoms with Crippen LogP contribution in [0.2, 0.25) is 0 Å². The Morgan fingerprint density at radius 3 is 2.89 bits per heavy atom. The summed E-state index contributed by atoms with van der Waals surface area (Å²) in [7, 11) is 0. The normalized spacial score (nSPS) is 23.6. The quantitative estimate of drug-likeness (QED) is 0.0831. The third kappa shape index (κ3) is 5.24. The van der Waals surface area contributed by atoms with Crippen LogP contribution in [0.5, 0.6) is 0 Å². The van der Waals surface area contributed by atoms with Gasteiger partial charge < -0.3 is 32.0 Å². The zero-order valence-corrected chi connectivity index (χ0v) is 21.8. The van der Waals surface area contributed by atoms with Gasteiger partial charge in [0, 0.05) is 59.2 Å². The first kappa shape index (κ1) is 26.5. The van der Waals surface area contributed by atoms with Crippen LogP contribution >= 0.6 is 46.8 Å². The number of carboxylic acids is 1. The summed E-state index contributed by atoms with van der Waals surface area (Å²) < 4.78 is 2.55. The van der Waals surface area contributed by atoms with Crippen LogP contribution in [0.1, 0.15) is 11.4 Å². The number of rotatable bonds is 10. The van der Waals surface area contributed by atoms with Gasteiger partial charge in [0.15, 0.2) is 5.13 Å². The number of nitrogen functional groups attached to an aromatic ring is 1. The van der Waals surface area contributed by atoms with Gasteiger partial charge >= 0.3 is 5.97 Å². The predicted octanol–water partition coefficient (Wildman–Crippen LogP) is -0.0989. The molecular formula is C19H22N8O5S4. The number of carboxylic acid groups (broad SMARTS) is 1. The maximum Gasteiger partial charge on any atom is 0.322 e. The molecule has 2 aliphatic rings. The van der Waals surface area contributed by atoms with Crippen molar-refractivity contribution in [3.8, 4) is 0 Å². The van der Waals surface area contributed by atoms with Crippen LogP contribution in [-0.4, -0.2) is 93.8 Å². The zero-order chi connectivity index (χ0) is 25.9. The Morgan fingerprint density at radius 1 is 1.42 bits per heavy atom. The van der Waals surface area contributed by atoms with E-state index in [9.17, 15) is 24.7 Å². The zero-order valence-electron chi connectivity index (χ0n) is 18.6. The Bertz CT molecular complexity index is 1200. The van der Waals surface area contributed by atoms with Crippen LogP contribution in [0.4, 0.5) is 5.13 Å². The maximum absolute atomic E-state index is 12.9. The Labute approximate surface area is 222 Å². The molecule has 3 atom stereocenters. The summed E-state index contributed by atoms with van der Waals surface area (Å²) in [4.78, 5) is 48.1. The smallest absolute Gasteiger partial charge is 0.322 e. The van der Waals surface area contributed by atoms with E-state index >= 15 is 0 Å². The van der Waals surface area contributed by atoms with Gasteiger partial charge in [-0.05, 0) is 11.6 Å². The minimum atomic E-state index is -1.29. The second-order valence-electron chi connectivity index (χ2n) is 7.75. The van der Waals surface area contributed by atoms with Crippen LogP contribution < -0.4 is 16.8 Å². The number of fused-ring (bicyclic) bond motifs is 1. The van der Waals surface area contributed by atoms with Gasteiger partial charge in [-0.2, -0.15) is 21.1 Å². The summed E-state index contributed by atoms with van der Waals surface area (Å²) in [6, 6.07) is 0.944. The molecule has 17 heteroatoms. The topological polar surface area (TPSA) is 210 Å². The number of carbonyl (C=O) groups excluding carboxylic acids is 2. The molecule has 0 spiro atoms. The first-order valence-corrected chi connectivity index (χ1v) is 14.3. The summed E-state index contributed by atoms with van der Waals surface area (Å²) in [6.45, 7) is 0.509. The number of pyridine rings is 1. The number of nitrogens with zero attached hydrogens (tertiary/aromatic N) is 5. The minimum absolute atomic E-state index is 0.0364. The molecule has 7 N–H and O–H groups in total. The summed E-state index contributed by atoms with van der Waals surface area (Å²) >= 11 is 4.92. The molecule has 2 amide bonds. The van der Waals surface area contributed by atoms with Gasteiger partial charge in [-0.3, -0.25) is 19.4 Å². The van der Waals surface area contributed by atoms with E-state index in [1.807, 2.05) is 6.07 Å². The second-order valence-corrected chi connectivity index (χ2v) is 12.2. The minimum Gasteiger partial charge on any atom is -0.480 e. The molecule has 2 saturated heterocycles. The number of aliphatic carboxylic acids is 1. The molecular weight excluding hydrogens is 549 g/mol. The summed E-state index contributed by atoms with van der Waals surface area (Å²) in [5.41, 5.74) is 11.6. The van der Waals surface area contributed by atoms with Gasteiger partial charge in [-0.25, -0.2) is 0 Å². The number of amides is 2. The van der Waals surface area contributed by atoms with Gasteiger partial charge in [0.25, 0.3) is 5.91 Å². The fourth-order valence-corrected chi connectivity index (χ4v) is 7.85. The molecule has 2 aliphatic heterocycles. The number of nitrogens with one attached hydrogen (secondary N) is 1. The average Bonchev–Trinajstić information content (AvgIpc) is 3.29. The van der Waals surface area contributed by atoms with E-state index in [1.54, 1.807) is 24.2 Å². The number of thioether (sulfide) groups is 3. The van der Waals surface area contributed by atoms with Gasteiger partial charge in [0.05, 0.1) is 0 Å². The van der Waals surface area contributed by atoms with Gasteiger partial charge in [-0.15, -0.1) is 23.5 Å². The lowest BCUT2D eigenvalue weighted by Gasteiger charge is -2.53. The number of nitrogens with two attached hydrogens (primary N) is 2. The van der Waals surface area contributed by atoms with E-state index in [-0.39, 0.29) is 23.3 Å². The van der Waals surface area contributed by atoms with Crippen molar-refractivity contribution in [1.82, 2.24) is 24.6 Å². The van der Waals surface area contributed by atoms with Crippen molar-refractivity contribution in [2.75, 3.05) is 30.3 Å². The molecule has 0 aromatic carbocycles. The van der Waals surface area contributed by atoms with Crippen molar-refractivity contribution in [2.24, 2.45) is 10.9 Å². The number of anilines is 1. The fraction of sp³-hybridized carbons (Fsp3) is 0.421. The molecule has 0 bridgehead atoms. The van der Waals surface area contributed by atoms with E-state index < -0.39 is 39.7 Å². The highest BCUT2D eigenvalue weighted by Gasteiger charge is 2.58.